The zero-order chi connectivity index (χ0) is 14.3. The Morgan fingerprint density at radius 3 is 2.89 bits per heavy atom. The molecule has 0 radical (unpaired) electrons. The average molecular weight is 282 g/mol. The zero-order valence-corrected chi connectivity index (χ0v) is 12.4. The summed E-state index contributed by atoms with van der Waals surface area (Å²) in [4.78, 5) is 13.3. The molecule has 104 valence electrons. The lowest BCUT2D eigenvalue weighted by atomic mass is 10.1. The maximum atomic E-state index is 11.2. The Labute approximate surface area is 119 Å². The van der Waals surface area contributed by atoms with Crippen molar-refractivity contribution >= 4 is 17.6 Å². The molecule has 4 heteroatoms. The second kappa shape index (κ2) is 7.97. The predicted molar refractivity (Wildman–Crippen MR) is 78.3 cm³/mol. The van der Waals surface area contributed by atoms with Gasteiger partial charge in [-0.05, 0) is 38.6 Å². The molecular weight excluding hydrogens is 262 g/mol. The molecule has 1 atom stereocenters. The maximum absolute atomic E-state index is 11.2. The van der Waals surface area contributed by atoms with Gasteiger partial charge in [0.1, 0.15) is 0 Å². The summed E-state index contributed by atoms with van der Waals surface area (Å²) in [6.45, 7) is 4.97. The van der Waals surface area contributed by atoms with Gasteiger partial charge in [0, 0.05) is 23.7 Å². The van der Waals surface area contributed by atoms with Crippen LogP contribution in [0.1, 0.15) is 25.5 Å². The smallest absolute Gasteiger partial charge is 0.330 e. The summed E-state index contributed by atoms with van der Waals surface area (Å²) in [6, 6.07) is 8.03. The molecule has 0 saturated heterocycles. The summed E-state index contributed by atoms with van der Waals surface area (Å²) in [5.41, 5.74) is 1.15. The number of esters is 1. The molecule has 0 aliphatic carbocycles. The van der Waals surface area contributed by atoms with E-state index in [1.807, 2.05) is 31.3 Å². The standard InChI is InChI=1S/C15H20ClNO2/c1-4-19-15(18)9-6-10-17(3)12(2)13-7-5-8-14(16)11-13/h5-9,11-12H,4,10H2,1-3H3/b9-6+. The van der Waals surface area contributed by atoms with E-state index in [9.17, 15) is 4.79 Å². The number of halogens is 1. The van der Waals surface area contributed by atoms with E-state index in [1.54, 1.807) is 13.0 Å². The van der Waals surface area contributed by atoms with Crippen molar-refractivity contribution in [2.24, 2.45) is 0 Å². The molecule has 0 spiro atoms. The van der Waals surface area contributed by atoms with E-state index in [1.165, 1.54) is 6.08 Å². The van der Waals surface area contributed by atoms with Crippen LogP contribution in [0.2, 0.25) is 5.02 Å². The van der Waals surface area contributed by atoms with E-state index in [0.29, 0.717) is 13.2 Å². The molecule has 0 heterocycles. The highest BCUT2D eigenvalue weighted by Crippen LogP contribution is 2.21. The van der Waals surface area contributed by atoms with Crippen LogP contribution >= 0.6 is 11.6 Å². The number of nitrogens with zero attached hydrogens (tertiary/aromatic N) is 1. The van der Waals surface area contributed by atoms with Crippen molar-refractivity contribution in [1.82, 2.24) is 4.90 Å². The summed E-state index contributed by atoms with van der Waals surface area (Å²) in [7, 11) is 2.00. The summed E-state index contributed by atoms with van der Waals surface area (Å²) in [5.74, 6) is -0.300. The Morgan fingerprint density at radius 1 is 1.53 bits per heavy atom. The van der Waals surface area contributed by atoms with Crippen LogP contribution < -0.4 is 0 Å². The van der Waals surface area contributed by atoms with Crippen LogP contribution in [0.25, 0.3) is 0 Å². The molecule has 1 unspecified atom stereocenters. The molecule has 0 aliphatic heterocycles. The lowest BCUT2D eigenvalue weighted by Crippen LogP contribution is -2.22. The summed E-state index contributed by atoms with van der Waals surface area (Å²) in [6.07, 6.45) is 3.27. The minimum atomic E-state index is -0.300. The number of hydrogen-bond donors (Lipinski definition) is 0. The van der Waals surface area contributed by atoms with Gasteiger partial charge in [0.25, 0.3) is 0 Å². The number of benzene rings is 1. The molecule has 0 bridgehead atoms. The van der Waals surface area contributed by atoms with Gasteiger partial charge in [-0.1, -0.05) is 29.8 Å². The first-order valence-electron chi connectivity index (χ1n) is 6.33. The Hall–Kier alpha value is -1.32. The molecule has 1 rings (SSSR count). The highest BCUT2D eigenvalue weighted by molar-refractivity contribution is 6.30. The van der Waals surface area contributed by atoms with E-state index in [-0.39, 0.29) is 12.0 Å². The molecule has 3 nitrogen and oxygen atoms in total. The van der Waals surface area contributed by atoms with Crippen LogP contribution in [-0.2, 0) is 9.53 Å². The van der Waals surface area contributed by atoms with Gasteiger partial charge in [-0.3, -0.25) is 4.90 Å². The molecule has 0 aliphatic rings. The van der Waals surface area contributed by atoms with Gasteiger partial charge in [-0.15, -0.1) is 0 Å². The zero-order valence-electron chi connectivity index (χ0n) is 11.6. The minimum Gasteiger partial charge on any atom is -0.463 e. The lowest BCUT2D eigenvalue weighted by molar-refractivity contribution is -0.137. The molecule has 0 fully saturated rings. The van der Waals surface area contributed by atoms with Gasteiger partial charge in [0.05, 0.1) is 6.61 Å². The summed E-state index contributed by atoms with van der Waals surface area (Å²) in [5, 5.41) is 0.736. The Bertz CT molecular complexity index is 446. The minimum absolute atomic E-state index is 0.227. The van der Waals surface area contributed by atoms with Crippen molar-refractivity contribution in [3.05, 3.63) is 47.0 Å². The molecule has 0 amide bonds. The Morgan fingerprint density at radius 2 is 2.26 bits per heavy atom. The van der Waals surface area contributed by atoms with E-state index < -0.39 is 0 Å². The normalized spacial score (nSPS) is 12.9. The van der Waals surface area contributed by atoms with E-state index in [4.69, 9.17) is 16.3 Å². The third kappa shape index (κ3) is 5.45. The number of carbonyl (C=O) groups is 1. The number of ether oxygens (including phenoxy) is 1. The fourth-order valence-electron chi connectivity index (χ4n) is 1.68. The molecule has 0 aromatic heterocycles. The molecule has 1 aromatic rings. The number of rotatable bonds is 6. The van der Waals surface area contributed by atoms with Crippen molar-refractivity contribution in [2.75, 3.05) is 20.2 Å². The summed E-state index contributed by atoms with van der Waals surface area (Å²) >= 11 is 5.98. The quantitative estimate of drug-likeness (QED) is 0.591. The summed E-state index contributed by atoms with van der Waals surface area (Å²) < 4.78 is 4.82. The largest absolute Gasteiger partial charge is 0.463 e. The van der Waals surface area contributed by atoms with Crippen LogP contribution in [0, 0.1) is 0 Å². The van der Waals surface area contributed by atoms with Gasteiger partial charge < -0.3 is 4.74 Å². The third-order valence-corrected chi connectivity index (χ3v) is 3.16. The van der Waals surface area contributed by atoms with Gasteiger partial charge >= 0.3 is 5.97 Å². The van der Waals surface area contributed by atoms with Crippen molar-refractivity contribution in [3.63, 3.8) is 0 Å². The lowest BCUT2D eigenvalue weighted by Gasteiger charge is -2.23. The van der Waals surface area contributed by atoms with Crippen molar-refractivity contribution in [1.29, 1.82) is 0 Å². The topological polar surface area (TPSA) is 29.5 Å². The highest BCUT2D eigenvalue weighted by Gasteiger charge is 2.10. The number of carbonyl (C=O) groups excluding carboxylic acids is 1. The highest BCUT2D eigenvalue weighted by atomic mass is 35.5. The van der Waals surface area contributed by atoms with Crippen LogP contribution in [0.3, 0.4) is 0 Å². The number of hydrogen-bond acceptors (Lipinski definition) is 3. The monoisotopic (exact) mass is 281 g/mol. The average Bonchev–Trinajstić information content (AvgIpc) is 2.38. The second-order valence-corrected chi connectivity index (χ2v) is 4.76. The van der Waals surface area contributed by atoms with Gasteiger partial charge in [-0.25, -0.2) is 4.79 Å². The fourth-order valence-corrected chi connectivity index (χ4v) is 1.88. The van der Waals surface area contributed by atoms with Gasteiger partial charge in [-0.2, -0.15) is 0 Å². The van der Waals surface area contributed by atoms with Crippen LogP contribution in [0.4, 0.5) is 0 Å². The SMILES string of the molecule is CCOC(=O)/C=C/CN(C)C(C)c1cccc(Cl)c1. The first-order chi connectivity index (χ1) is 9.04. The molecular formula is C15H20ClNO2. The second-order valence-electron chi connectivity index (χ2n) is 4.32. The molecule has 1 aromatic carbocycles. The van der Waals surface area contributed by atoms with Crippen LogP contribution in [0.15, 0.2) is 36.4 Å². The first kappa shape index (κ1) is 15.7. The third-order valence-electron chi connectivity index (χ3n) is 2.93. The van der Waals surface area contributed by atoms with Crippen LogP contribution in [-0.4, -0.2) is 31.1 Å². The number of likely N-dealkylation sites (N-methyl/N-ethyl adjacent to an activating group) is 1. The fraction of sp³-hybridized carbons (Fsp3) is 0.400. The van der Waals surface area contributed by atoms with Crippen molar-refractivity contribution in [2.45, 2.75) is 19.9 Å². The maximum Gasteiger partial charge on any atom is 0.330 e. The Kier molecular flexibility index (Phi) is 6.60. The van der Waals surface area contributed by atoms with E-state index in [2.05, 4.69) is 11.8 Å². The van der Waals surface area contributed by atoms with Gasteiger partial charge in [0.15, 0.2) is 0 Å². The molecule has 0 N–H and O–H groups in total. The molecule has 19 heavy (non-hydrogen) atoms. The van der Waals surface area contributed by atoms with Gasteiger partial charge in [0.2, 0.25) is 0 Å². The van der Waals surface area contributed by atoms with Crippen molar-refractivity contribution in [3.8, 4) is 0 Å². The Balaban J connectivity index is 2.53. The molecule has 0 saturated carbocycles. The first-order valence-corrected chi connectivity index (χ1v) is 6.71. The van der Waals surface area contributed by atoms with Crippen molar-refractivity contribution < 1.29 is 9.53 Å². The van der Waals surface area contributed by atoms with E-state index >= 15 is 0 Å². The predicted octanol–water partition coefficient (Wildman–Crippen LogP) is 3.45. The van der Waals surface area contributed by atoms with E-state index in [0.717, 1.165) is 10.6 Å². The van der Waals surface area contributed by atoms with Crippen LogP contribution in [0.5, 0.6) is 0 Å².